The quantitative estimate of drug-likeness (QED) is 0.407. The fraction of sp³-hybridized carbons (Fsp3) is 0.636. The van der Waals surface area contributed by atoms with Crippen LogP contribution in [0.15, 0.2) is 20.8 Å². The van der Waals surface area contributed by atoms with E-state index in [1.807, 2.05) is 6.08 Å². The fourth-order valence-electron chi connectivity index (χ4n) is 1.41. The molecule has 0 amide bonds. The summed E-state index contributed by atoms with van der Waals surface area (Å²) in [6.07, 6.45) is 1.94. The normalized spacial score (nSPS) is 30.2. The summed E-state index contributed by atoms with van der Waals surface area (Å²) < 4.78 is 12.7. The van der Waals surface area contributed by atoms with Gasteiger partial charge in [-0.2, -0.15) is 0 Å². The third-order valence-electron chi connectivity index (χ3n) is 2.62. The van der Waals surface area contributed by atoms with Crippen molar-refractivity contribution in [3.8, 4) is 0 Å². The number of hydrogen-bond acceptors (Lipinski definition) is 2. The lowest BCUT2D eigenvalue weighted by Gasteiger charge is -2.34. The van der Waals surface area contributed by atoms with Gasteiger partial charge >= 0.3 is 0 Å². The topological polar surface area (TPSA) is 18.5 Å². The summed E-state index contributed by atoms with van der Waals surface area (Å²) in [5.74, 6) is 0.921. The monoisotopic (exact) mass is 572 g/mol. The van der Waals surface area contributed by atoms with Crippen LogP contribution in [-0.2, 0) is 9.47 Å². The molecule has 0 saturated heterocycles. The maximum Gasteiger partial charge on any atom is 0.151 e. The first kappa shape index (κ1) is 17.7. The van der Waals surface area contributed by atoms with Crippen molar-refractivity contribution in [1.29, 1.82) is 0 Å². The van der Waals surface area contributed by atoms with Crippen LogP contribution in [-0.4, -0.2) is 28.4 Å². The number of ether oxygens (including phenoxy) is 2. The molecule has 0 fully saturated rings. The molecule has 2 nitrogen and oxygen atoms in total. The molecule has 0 bridgehead atoms. The standard InChI is InChI=1S/C11H13Br5O2/c1-6-9(14)10(15)8(3-11(6,16)17-2)18-5-7(13)4-12/h3,6-7H,4-5H2,1-2H3. The molecule has 7 heteroatoms. The van der Waals surface area contributed by atoms with E-state index in [1.165, 1.54) is 0 Å². The van der Waals surface area contributed by atoms with Crippen LogP contribution >= 0.6 is 79.6 Å². The summed E-state index contributed by atoms with van der Waals surface area (Å²) in [7, 11) is 1.67. The molecule has 0 aromatic rings. The summed E-state index contributed by atoms with van der Waals surface area (Å²) in [5.41, 5.74) is 0. The summed E-state index contributed by atoms with van der Waals surface area (Å²) in [6, 6.07) is 0. The number of hydrogen-bond donors (Lipinski definition) is 0. The Morgan fingerprint density at radius 3 is 2.56 bits per heavy atom. The summed E-state index contributed by atoms with van der Waals surface area (Å²) in [5, 5.41) is 0.836. The third kappa shape index (κ3) is 4.07. The van der Waals surface area contributed by atoms with E-state index in [1.54, 1.807) is 7.11 Å². The van der Waals surface area contributed by atoms with Gasteiger partial charge in [-0.05, 0) is 31.9 Å². The van der Waals surface area contributed by atoms with Gasteiger partial charge in [-0.3, -0.25) is 0 Å². The Morgan fingerprint density at radius 2 is 2.06 bits per heavy atom. The second-order valence-corrected chi connectivity index (χ2v) is 8.69. The van der Waals surface area contributed by atoms with Gasteiger partial charge in [0, 0.05) is 28.9 Å². The molecule has 0 saturated carbocycles. The molecule has 0 N–H and O–H groups in total. The van der Waals surface area contributed by atoms with Crippen LogP contribution < -0.4 is 0 Å². The molecular formula is C11H13Br5O2. The Kier molecular flexibility index (Phi) is 7.46. The van der Waals surface area contributed by atoms with Gasteiger partial charge in [0.05, 0.1) is 9.31 Å². The lowest BCUT2D eigenvalue weighted by atomic mass is 9.98. The molecule has 3 atom stereocenters. The Morgan fingerprint density at radius 1 is 1.44 bits per heavy atom. The first-order valence-electron chi connectivity index (χ1n) is 5.21. The van der Waals surface area contributed by atoms with E-state index >= 15 is 0 Å². The van der Waals surface area contributed by atoms with Crippen molar-refractivity contribution in [3.05, 3.63) is 20.8 Å². The Bertz CT molecular complexity index is 368. The lowest BCUT2D eigenvalue weighted by molar-refractivity contribution is 0.0795. The van der Waals surface area contributed by atoms with Gasteiger partial charge in [0.25, 0.3) is 0 Å². The molecule has 0 spiro atoms. The van der Waals surface area contributed by atoms with Gasteiger partial charge in [0.15, 0.2) is 4.51 Å². The molecule has 18 heavy (non-hydrogen) atoms. The van der Waals surface area contributed by atoms with E-state index < -0.39 is 4.51 Å². The van der Waals surface area contributed by atoms with Crippen LogP contribution in [0.4, 0.5) is 0 Å². The predicted molar refractivity (Wildman–Crippen MR) is 93.3 cm³/mol. The average Bonchev–Trinajstić information content (AvgIpc) is 2.38. The minimum Gasteiger partial charge on any atom is -0.491 e. The highest BCUT2D eigenvalue weighted by molar-refractivity contribution is 9.14. The predicted octanol–water partition coefficient (Wildman–Crippen LogP) is 5.43. The van der Waals surface area contributed by atoms with Crippen LogP contribution in [0.2, 0.25) is 0 Å². The van der Waals surface area contributed by atoms with Crippen molar-refractivity contribution in [3.63, 3.8) is 0 Å². The van der Waals surface area contributed by atoms with Crippen molar-refractivity contribution in [1.82, 2.24) is 0 Å². The number of halogens is 5. The molecule has 0 aromatic heterocycles. The molecule has 104 valence electrons. The van der Waals surface area contributed by atoms with Crippen LogP contribution in [0.3, 0.4) is 0 Å². The van der Waals surface area contributed by atoms with E-state index in [0.29, 0.717) is 6.61 Å². The summed E-state index contributed by atoms with van der Waals surface area (Å²) in [4.78, 5) is 0.268. The molecule has 0 aromatic carbocycles. The zero-order valence-corrected chi connectivity index (χ0v) is 17.8. The molecule has 0 heterocycles. The zero-order valence-electron chi connectivity index (χ0n) is 9.85. The van der Waals surface area contributed by atoms with E-state index in [0.717, 1.165) is 20.1 Å². The van der Waals surface area contributed by atoms with Gasteiger partial charge < -0.3 is 9.47 Å². The van der Waals surface area contributed by atoms with E-state index in [9.17, 15) is 0 Å². The lowest BCUT2D eigenvalue weighted by Crippen LogP contribution is -2.33. The van der Waals surface area contributed by atoms with Crippen molar-refractivity contribution >= 4 is 79.6 Å². The SMILES string of the molecule is COC1(Br)C=C(OCC(Br)CBr)C(Br)=C(Br)C1C. The van der Waals surface area contributed by atoms with Crippen LogP contribution in [0.25, 0.3) is 0 Å². The Labute approximate surface area is 150 Å². The highest BCUT2D eigenvalue weighted by Crippen LogP contribution is 2.46. The number of methoxy groups -OCH3 is 1. The Hall–Kier alpha value is 1.64. The van der Waals surface area contributed by atoms with Crippen molar-refractivity contribution < 1.29 is 9.47 Å². The minimum atomic E-state index is -0.547. The number of allylic oxidation sites excluding steroid dienone is 1. The molecule has 0 aliphatic heterocycles. The van der Waals surface area contributed by atoms with Crippen molar-refractivity contribution in [2.45, 2.75) is 16.3 Å². The largest absolute Gasteiger partial charge is 0.491 e. The molecule has 1 rings (SSSR count). The van der Waals surface area contributed by atoms with Gasteiger partial charge in [-0.25, -0.2) is 0 Å². The maximum absolute atomic E-state index is 5.80. The van der Waals surface area contributed by atoms with Crippen LogP contribution in [0.5, 0.6) is 0 Å². The van der Waals surface area contributed by atoms with E-state index in [2.05, 4.69) is 86.6 Å². The zero-order chi connectivity index (χ0) is 13.9. The van der Waals surface area contributed by atoms with Crippen molar-refractivity contribution in [2.24, 2.45) is 5.92 Å². The van der Waals surface area contributed by atoms with Crippen molar-refractivity contribution in [2.75, 3.05) is 19.0 Å². The average molecular weight is 577 g/mol. The highest BCUT2D eigenvalue weighted by Gasteiger charge is 2.39. The van der Waals surface area contributed by atoms with Crippen LogP contribution in [0.1, 0.15) is 6.92 Å². The number of alkyl halides is 3. The van der Waals surface area contributed by atoms with Gasteiger partial charge in [-0.1, -0.05) is 54.7 Å². The van der Waals surface area contributed by atoms with E-state index in [4.69, 9.17) is 9.47 Å². The first-order chi connectivity index (χ1) is 8.35. The smallest absolute Gasteiger partial charge is 0.151 e. The number of rotatable bonds is 5. The van der Waals surface area contributed by atoms with E-state index in [-0.39, 0.29) is 10.7 Å². The van der Waals surface area contributed by atoms with Crippen LogP contribution in [0, 0.1) is 5.92 Å². The summed E-state index contributed by atoms with van der Waals surface area (Å²) in [6.45, 7) is 2.65. The Balaban J connectivity index is 2.91. The fourth-order valence-corrected chi connectivity index (χ4v) is 3.58. The second-order valence-electron chi connectivity index (χ2n) is 3.86. The minimum absolute atomic E-state index is 0.153. The highest BCUT2D eigenvalue weighted by atomic mass is 79.9. The van der Waals surface area contributed by atoms with Gasteiger partial charge in [-0.15, -0.1) is 0 Å². The molecule has 0 radical (unpaired) electrons. The molecular weight excluding hydrogens is 564 g/mol. The molecule has 1 aliphatic rings. The molecule has 3 unspecified atom stereocenters. The second kappa shape index (κ2) is 7.59. The third-order valence-corrected chi connectivity index (χ3v) is 8.54. The summed E-state index contributed by atoms with van der Waals surface area (Å²) >= 11 is 17.6. The first-order valence-corrected chi connectivity index (χ1v) is 9.62. The van der Waals surface area contributed by atoms with Gasteiger partial charge in [0.2, 0.25) is 0 Å². The maximum atomic E-state index is 5.80. The van der Waals surface area contributed by atoms with Gasteiger partial charge in [0.1, 0.15) is 12.4 Å². The molecule has 1 aliphatic carbocycles.